The summed E-state index contributed by atoms with van der Waals surface area (Å²) in [6, 6.07) is 3.43. The van der Waals surface area contributed by atoms with Crippen LogP contribution in [-0.2, 0) is 4.74 Å². The summed E-state index contributed by atoms with van der Waals surface area (Å²) in [7, 11) is 0. The number of nitrogens with zero attached hydrogens (tertiary/aromatic N) is 1. The molecule has 1 unspecified atom stereocenters. The van der Waals surface area contributed by atoms with Crippen LogP contribution in [0.15, 0.2) is 12.1 Å². The second-order valence-corrected chi connectivity index (χ2v) is 4.21. The largest absolute Gasteiger partial charge is 0.478 e. The molecular formula is C12H16N2O3. The molecule has 1 saturated heterocycles. The number of aromatic carboxylic acids is 1. The van der Waals surface area contributed by atoms with E-state index >= 15 is 0 Å². The summed E-state index contributed by atoms with van der Waals surface area (Å²) in [6.07, 6.45) is 1.97. The summed E-state index contributed by atoms with van der Waals surface area (Å²) in [5, 5.41) is 12.2. The molecule has 5 heteroatoms. The van der Waals surface area contributed by atoms with Crippen LogP contribution in [-0.4, -0.2) is 35.3 Å². The Bertz CT molecular complexity index is 414. The fourth-order valence-corrected chi connectivity index (χ4v) is 1.89. The van der Waals surface area contributed by atoms with E-state index in [9.17, 15) is 4.79 Å². The maximum atomic E-state index is 11.1. The first-order valence-electron chi connectivity index (χ1n) is 5.72. The average molecular weight is 236 g/mol. The quantitative estimate of drug-likeness (QED) is 0.835. The molecule has 0 bridgehead atoms. The molecular weight excluding hydrogens is 220 g/mol. The van der Waals surface area contributed by atoms with Crippen molar-refractivity contribution in [2.24, 2.45) is 0 Å². The number of nitrogens with one attached hydrogen (secondary N) is 1. The van der Waals surface area contributed by atoms with E-state index in [1.807, 2.05) is 6.92 Å². The molecule has 2 N–H and O–H groups in total. The second kappa shape index (κ2) is 5.14. The van der Waals surface area contributed by atoms with Crippen molar-refractivity contribution in [1.29, 1.82) is 0 Å². The fraction of sp³-hybridized carbons (Fsp3) is 0.500. The summed E-state index contributed by atoms with van der Waals surface area (Å²) >= 11 is 0. The predicted molar refractivity (Wildman–Crippen MR) is 63.4 cm³/mol. The lowest BCUT2D eigenvalue weighted by Gasteiger charge is -2.24. The summed E-state index contributed by atoms with van der Waals surface area (Å²) in [5.41, 5.74) is 1.01. The number of rotatable bonds is 3. The van der Waals surface area contributed by atoms with Gasteiger partial charge in [0.15, 0.2) is 0 Å². The molecule has 1 aromatic rings. The Kier molecular flexibility index (Phi) is 3.58. The van der Waals surface area contributed by atoms with Gasteiger partial charge in [-0.05, 0) is 31.9 Å². The number of anilines is 1. The number of aryl methyl sites for hydroxylation is 1. The molecule has 1 atom stereocenters. The normalized spacial score (nSPS) is 19.9. The first-order valence-corrected chi connectivity index (χ1v) is 5.72. The van der Waals surface area contributed by atoms with Crippen LogP contribution in [0.1, 0.15) is 28.9 Å². The number of aromatic nitrogens is 1. The first-order chi connectivity index (χ1) is 8.16. The van der Waals surface area contributed by atoms with E-state index < -0.39 is 5.97 Å². The Morgan fingerprint density at radius 3 is 3.06 bits per heavy atom. The van der Waals surface area contributed by atoms with Gasteiger partial charge in [-0.2, -0.15) is 0 Å². The first kappa shape index (κ1) is 11.9. The zero-order valence-corrected chi connectivity index (χ0v) is 9.77. The molecule has 5 nitrogen and oxygen atoms in total. The van der Waals surface area contributed by atoms with Crippen molar-refractivity contribution in [3.8, 4) is 0 Å². The third-order valence-corrected chi connectivity index (χ3v) is 2.77. The molecule has 0 saturated carbocycles. The van der Waals surface area contributed by atoms with Crippen LogP contribution in [0, 0.1) is 6.92 Å². The van der Waals surface area contributed by atoms with Gasteiger partial charge in [0.05, 0.1) is 12.6 Å². The van der Waals surface area contributed by atoms with Crippen LogP contribution in [0.3, 0.4) is 0 Å². The van der Waals surface area contributed by atoms with Crippen LogP contribution in [0.2, 0.25) is 0 Å². The van der Waals surface area contributed by atoms with Crippen molar-refractivity contribution in [2.75, 3.05) is 18.5 Å². The number of hydrogen-bond donors (Lipinski definition) is 2. The highest BCUT2D eigenvalue weighted by Crippen LogP contribution is 2.17. The van der Waals surface area contributed by atoms with Gasteiger partial charge in [0.25, 0.3) is 0 Å². The van der Waals surface area contributed by atoms with Gasteiger partial charge in [0.2, 0.25) is 0 Å². The molecule has 0 aromatic carbocycles. The third kappa shape index (κ3) is 2.94. The van der Waals surface area contributed by atoms with Gasteiger partial charge in [-0.1, -0.05) is 0 Å². The van der Waals surface area contributed by atoms with Gasteiger partial charge >= 0.3 is 5.97 Å². The molecule has 1 aromatic heterocycles. The second-order valence-electron chi connectivity index (χ2n) is 4.21. The Balaban J connectivity index is 2.17. The molecule has 1 fully saturated rings. The average Bonchev–Trinajstić information content (AvgIpc) is 2.30. The topological polar surface area (TPSA) is 71.5 Å². The highest BCUT2D eigenvalue weighted by Gasteiger charge is 2.18. The molecule has 1 aliphatic rings. The maximum absolute atomic E-state index is 11.1. The van der Waals surface area contributed by atoms with Gasteiger partial charge in [0, 0.05) is 12.3 Å². The molecule has 0 radical (unpaired) electrons. The van der Waals surface area contributed by atoms with E-state index in [2.05, 4.69) is 10.3 Å². The molecule has 17 heavy (non-hydrogen) atoms. The zero-order chi connectivity index (χ0) is 12.3. The lowest BCUT2D eigenvalue weighted by molar-refractivity contribution is 0.0696. The Labute approximate surface area is 99.8 Å². The maximum Gasteiger partial charge on any atom is 0.339 e. The van der Waals surface area contributed by atoms with Crippen LogP contribution >= 0.6 is 0 Å². The lowest BCUT2D eigenvalue weighted by atomic mass is 10.1. The fourth-order valence-electron chi connectivity index (χ4n) is 1.89. The molecule has 0 aliphatic carbocycles. The van der Waals surface area contributed by atoms with Gasteiger partial charge in [-0.15, -0.1) is 0 Å². The third-order valence-electron chi connectivity index (χ3n) is 2.77. The van der Waals surface area contributed by atoms with E-state index in [4.69, 9.17) is 9.84 Å². The summed E-state index contributed by atoms with van der Waals surface area (Å²) in [6.45, 7) is 3.23. The Morgan fingerprint density at radius 1 is 1.59 bits per heavy atom. The SMILES string of the molecule is Cc1ccc(C(=O)O)c(NC2CCCOC2)n1. The van der Waals surface area contributed by atoms with E-state index in [1.54, 1.807) is 12.1 Å². The van der Waals surface area contributed by atoms with Crippen molar-refractivity contribution < 1.29 is 14.6 Å². The lowest BCUT2D eigenvalue weighted by Crippen LogP contribution is -2.31. The standard InChI is InChI=1S/C12H16N2O3/c1-8-4-5-10(12(15)16)11(13-8)14-9-3-2-6-17-7-9/h4-5,9H,2-3,6-7H2,1H3,(H,13,14)(H,15,16). The van der Waals surface area contributed by atoms with E-state index in [1.165, 1.54) is 0 Å². The molecule has 92 valence electrons. The van der Waals surface area contributed by atoms with Crippen molar-refractivity contribution in [3.63, 3.8) is 0 Å². The minimum absolute atomic E-state index is 0.149. The van der Waals surface area contributed by atoms with Crippen LogP contribution in [0.5, 0.6) is 0 Å². The monoisotopic (exact) mass is 236 g/mol. The molecule has 1 aliphatic heterocycles. The van der Waals surface area contributed by atoms with Crippen molar-refractivity contribution in [1.82, 2.24) is 4.98 Å². The summed E-state index contributed by atoms with van der Waals surface area (Å²) in [4.78, 5) is 15.3. The molecule has 0 amide bonds. The van der Waals surface area contributed by atoms with Crippen LogP contribution in [0.4, 0.5) is 5.82 Å². The van der Waals surface area contributed by atoms with Crippen molar-refractivity contribution in [3.05, 3.63) is 23.4 Å². The summed E-state index contributed by atoms with van der Waals surface area (Å²) < 4.78 is 5.35. The number of pyridine rings is 1. The highest BCUT2D eigenvalue weighted by atomic mass is 16.5. The Morgan fingerprint density at radius 2 is 2.41 bits per heavy atom. The Hall–Kier alpha value is -1.62. The number of carboxylic acids is 1. The highest BCUT2D eigenvalue weighted by molar-refractivity contribution is 5.93. The van der Waals surface area contributed by atoms with Gasteiger partial charge in [-0.25, -0.2) is 9.78 Å². The van der Waals surface area contributed by atoms with Gasteiger partial charge < -0.3 is 15.2 Å². The van der Waals surface area contributed by atoms with E-state index in [0.29, 0.717) is 12.4 Å². The number of carboxylic acid groups (broad SMARTS) is 1. The zero-order valence-electron chi connectivity index (χ0n) is 9.77. The number of hydrogen-bond acceptors (Lipinski definition) is 4. The van der Waals surface area contributed by atoms with Crippen molar-refractivity contribution >= 4 is 11.8 Å². The molecule has 2 rings (SSSR count). The van der Waals surface area contributed by atoms with E-state index in [-0.39, 0.29) is 11.6 Å². The van der Waals surface area contributed by atoms with Gasteiger partial charge in [0.1, 0.15) is 11.4 Å². The minimum Gasteiger partial charge on any atom is -0.478 e. The van der Waals surface area contributed by atoms with E-state index in [0.717, 1.165) is 25.1 Å². The van der Waals surface area contributed by atoms with Gasteiger partial charge in [-0.3, -0.25) is 0 Å². The molecule has 2 heterocycles. The minimum atomic E-state index is -0.961. The predicted octanol–water partition coefficient (Wildman–Crippen LogP) is 1.68. The van der Waals surface area contributed by atoms with Crippen LogP contribution < -0.4 is 5.32 Å². The summed E-state index contributed by atoms with van der Waals surface area (Å²) in [5.74, 6) is -0.523. The van der Waals surface area contributed by atoms with Crippen LogP contribution in [0.25, 0.3) is 0 Å². The number of carbonyl (C=O) groups is 1. The molecule has 0 spiro atoms. The van der Waals surface area contributed by atoms with Crippen molar-refractivity contribution in [2.45, 2.75) is 25.8 Å². The number of ether oxygens (including phenoxy) is 1. The smallest absolute Gasteiger partial charge is 0.339 e.